The molecule has 0 aliphatic heterocycles. The Morgan fingerprint density at radius 1 is 0.615 bits per heavy atom. The molecule has 52 heavy (non-hydrogen) atoms. The molecule has 0 aliphatic carbocycles. The van der Waals surface area contributed by atoms with Gasteiger partial charge in [0.2, 0.25) is 0 Å². The number of benzene rings is 5. The fourth-order valence-electron chi connectivity index (χ4n) is 5.99. The topological polar surface area (TPSA) is 114 Å². The Balaban J connectivity index is 1.22. The minimum Gasteiger partial charge on any atom is -0.361 e. The Hall–Kier alpha value is -5.38. The Morgan fingerprint density at radius 3 is 1.52 bits per heavy atom. The van der Waals surface area contributed by atoms with E-state index in [9.17, 15) is 9.59 Å². The van der Waals surface area contributed by atoms with Crippen molar-refractivity contribution in [3.63, 3.8) is 0 Å². The number of halogens is 4. The van der Waals surface area contributed by atoms with Crippen LogP contribution in [0.15, 0.2) is 120 Å². The number of nitrogens with zero attached hydrogens (tertiary/aromatic N) is 2. The van der Waals surface area contributed by atoms with Crippen molar-refractivity contribution in [2.75, 3.05) is 0 Å². The maximum Gasteiger partial charge on any atom is 0.271 e. The van der Waals surface area contributed by atoms with E-state index in [0.29, 0.717) is 42.3 Å². The highest BCUT2D eigenvalue weighted by molar-refractivity contribution is 6.36. The van der Waals surface area contributed by atoms with Crippen molar-refractivity contribution in [3.05, 3.63) is 174 Å². The van der Waals surface area contributed by atoms with Crippen LogP contribution in [0.25, 0.3) is 21.8 Å². The summed E-state index contributed by atoms with van der Waals surface area (Å²) >= 11 is 24.5. The summed E-state index contributed by atoms with van der Waals surface area (Å²) in [5, 5.41) is 11.8. The Bertz CT molecular complexity index is 2380. The van der Waals surface area contributed by atoms with Gasteiger partial charge in [-0.15, -0.1) is 0 Å². The van der Waals surface area contributed by atoms with Gasteiger partial charge in [0, 0.05) is 72.4 Å². The summed E-state index contributed by atoms with van der Waals surface area (Å²) in [4.78, 5) is 33.3. The maximum atomic E-state index is 13.3. The number of nitrogens with one attached hydrogen (secondary N) is 4. The maximum absolute atomic E-state index is 13.3. The van der Waals surface area contributed by atoms with Gasteiger partial charge in [0.25, 0.3) is 11.8 Å². The first-order valence-corrected chi connectivity index (χ1v) is 17.5. The second-order valence-corrected chi connectivity index (χ2v) is 13.8. The van der Waals surface area contributed by atoms with E-state index in [2.05, 4.69) is 55.3 Å². The van der Waals surface area contributed by atoms with Crippen LogP contribution in [0, 0.1) is 6.92 Å². The molecular weight excluding hydrogens is 738 g/mol. The van der Waals surface area contributed by atoms with Crippen molar-refractivity contribution in [2.45, 2.75) is 12.8 Å². The summed E-state index contributed by atoms with van der Waals surface area (Å²) in [7, 11) is 0. The second-order valence-electron chi connectivity index (χ2n) is 12.1. The third kappa shape index (κ3) is 7.47. The molecule has 4 N–H and O–H groups in total. The van der Waals surface area contributed by atoms with Gasteiger partial charge in [-0.1, -0.05) is 88.4 Å². The van der Waals surface area contributed by atoms with Crippen molar-refractivity contribution in [2.24, 2.45) is 10.2 Å². The van der Waals surface area contributed by atoms with Gasteiger partial charge >= 0.3 is 0 Å². The summed E-state index contributed by atoms with van der Waals surface area (Å²) in [5.74, 6) is -1.04. The lowest BCUT2D eigenvalue weighted by Crippen LogP contribution is -2.17. The molecule has 5 aromatic carbocycles. The third-order valence-corrected chi connectivity index (χ3v) is 9.77. The van der Waals surface area contributed by atoms with Gasteiger partial charge in [-0.05, 0) is 84.3 Å². The minimum atomic E-state index is -0.383. The molecule has 8 nitrogen and oxygen atoms in total. The lowest BCUT2D eigenvalue weighted by molar-refractivity contribution is 0.0947. The first kappa shape index (κ1) is 35.0. The van der Waals surface area contributed by atoms with Crippen LogP contribution in [0.3, 0.4) is 0 Å². The van der Waals surface area contributed by atoms with Gasteiger partial charge in [-0.2, -0.15) is 10.2 Å². The summed E-state index contributed by atoms with van der Waals surface area (Å²) in [6.45, 7) is 2.04. The van der Waals surface area contributed by atoms with E-state index in [1.165, 1.54) is 12.4 Å². The van der Waals surface area contributed by atoms with Crippen LogP contribution in [-0.2, 0) is 0 Å². The molecule has 2 amide bonds. The van der Waals surface area contributed by atoms with E-state index in [1.807, 2.05) is 43.6 Å². The highest BCUT2D eigenvalue weighted by atomic mass is 35.5. The molecule has 0 atom stereocenters. The minimum absolute atomic E-state index is 0.269. The second kappa shape index (κ2) is 15.1. The number of fused-ring (bicyclic) bond motifs is 2. The monoisotopic (exact) mass is 764 g/mol. The molecule has 0 bridgehead atoms. The number of aromatic nitrogens is 2. The Kier molecular flexibility index (Phi) is 10.2. The number of amides is 2. The van der Waals surface area contributed by atoms with Gasteiger partial charge in [-0.3, -0.25) is 9.59 Å². The average molecular weight is 767 g/mol. The van der Waals surface area contributed by atoms with E-state index in [1.54, 1.807) is 48.5 Å². The van der Waals surface area contributed by atoms with E-state index >= 15 is 0 Å². The van der Waals surface area contributed by atoms with Crippen molar-refractivity contribution < 1.29 is 9.59 Å². The summed E-state index contributed by atoms with van der Waals surface area (Å²) in [6, 6.07) is 29.3. The molecular formula is C40H28Cl4N6O2. The molecule has 0 aliphatic rings. The van der Waals surface area contributed by atoms with Crippen molar-refractivity contribution in [1.82, 2.24) is 20.8 Å². The molecule has 12 heteroatoms. The predicted octanol–water partition coefficient (Wildman–Crippen LogP) is 10.3. The first-order chi connectivity index (χ1) is 25.1. The van der Waals surface area contributed by atoms with Crippen molar-refractivity contribution >= 4 is 92.5 Å². The third-order valence-electron chi connectivity index (χ3n) is 8.65. The van der Waals surface area contributed by atoms with Gasteiger partial charge in [0.05, 0.1) is 22.5 Å². The highest BCUT2D eigenvalue weighted by Crippen LogP contribution is 2.40. The number of carbonyl (C=O) groups is 2. The first-order valence-electron chi connectivity index (χ1n) is 16.0. The summed E-state index contributed by atoms with van der Waals surface area (Å²) < 4.78 is 0. The Morgan fingerprint density at radius 2 is 1.08 bits per heavy atom. The lowest BCUT2D eigenvalue weighted by Gasteiger charge is -2.18. The summed E-state index contributed by atoms with van der Waals surface area (Å²) in [6.07, 6.45) is 6.86. The molecule has 2 aromatic heterocycles. The number of rotatable bonds is 9. The number of H-pyrrole nitrogens is 2. The highest BCUT2D eigenvalue weighted by Gasteiger charge is 2.24. The van der Waals surface area contributed by atoms with Crippen LogP contribution < -0.4 is 10.9 Å². The number of hydrazone groups is 2. The number of hydrogen-bond donors (Lipinski definition) is 4. The molecule has 2 heterocycles. The van der Waals surface area contributed by atoms with Crippen LogP contribution in [0.4, 0.5) is 0 Å². The number of hydrogen-bond acceptors (Lipinski definition) is 4. The van der Waals surface area contributed by atoms with Gasteiger partial charge < -0.3 is 9.97 Å². The van der Waals surface area contributed by atoms with Crippen molar-refractivity contribution in [1.29, 1.82) is 0 Å². The van der Waals surface area contributed by atoms with Crippen LogP contribution in [0.2, 0.25) is 20.1 Å². The number of aryl methyl sites for hydroxylation is 1. The Labute approximate surface area is 318 Å². The smallest absolute Gasteiger partial charge is 0.271 e. The normalized spacial score (nSPS) is 11.7. The molecule has 7 rings (SSSR count). The van der Waals surface area contributed by atoms with Crippen molar-refractivity contribution in [3.8, 4) is 0 Å². The molecule has 0 saturated heterocycles. The van der Waals surface area contributed by atoms with Gasteiger partial charge in [-0.25, -0.2) is 10.9 Å². The molecule has 7 aromatic rings. The zero-order chi connectivity index (χ0) is 36.4. The fourth-order valence-corrected chi connectivity index (χ4v) is 6.91. The van der Waals surface area contributed by atoms with Gasteiger partial charge in [0.1, 0.15) is 0 Å². The quantitative estimate of drug-likeness (QED) is 0.0866. The molecule has 0 spiro atoms. The number of aromatic amines is 2. The lowest BCUT2D eigenvalue weighted by atomic mass is 9.84. The molecule has 258 valence electrons. The molecule has 0 fully saturated rings. The number of carbonyl (C=O) groups excluding carboxylic acids is 2. The van der Waals surface area contributed by atoms with E-state index < -0.39 is 0 Å². The molecule has 0 radical (unpaired) electrons. The van der Waals surface area contributed by atoms with E-state index in [0.717, 1.165) is 44.1 Å². The van der Waals surface area contributed by atoms with Crippen LogP contribution in [0.1, 0.15) is 60.0 Å². The predicted molar refractivity (Wildman–Crippen MR) is 212 cm³/mol. The fraction of sp³-hybridized carbons (Fsp3) is 0.0500. The zero-order valence-electron chi connectivity index (χ0n) is 27.3. The molecule has 0 unspecified atom stereocenters. The van der Waals surface area contributed by atoms with Gasteiger partial charge in [0.15, 0.2) is 0 Å². The molecule has 0 saturated carbocycles. The standard InChI is InChI=1S/C40H28Cl4N6O2/c1-22-2-4-23(5-3-22)38(32-20-45-36-12-8-24(14-30(32)36)39(51)49-47-18-26-6-10-28(41)16-34(26)43)33-21-46-37-13-9-25(15-31(33)37)40(52)50-48-19-27-7-11-29(42)17-35(27)44/h2-21,38,45-46H,1H3,(H,49,51)(H,50,52)/b47-18+,48-19+. The summed E-state index contributed by atoms with van der Waals surface area (Å²) in [5.41, 5.74) is 13.0. The van der Waals surface area contributed by atoms with Crippen LogP contribution in [0.5, 0.6) is 0 Å². The van der Waals surface area contributed by atoms with Crippen LogP contribution in [-0.4, -0.2) is 34.2 Å². The SMILES string of the molecule is Cc1ccc(C(c2c[nH]c3ccc(C(=O)N/N=C/c4ccc(Cl)cc4Cl)cc23)c2c[nH]c3ccc(C(=O)N/N=C/c4ccc(Cl)cc4Cl)cc23)cc1. The largest absolute Gasteiger partial charge is 0.361 e. The van der Waals surface area contributed by atoms with E-state index in [4.69, 9.17) is 46.4 Å². The van der Waals surface area contributed by atoms with Crippen LogP contribution >= 0.6 is 46.4 Å². The zero-order valence-corrected chi connectivity index (χ0v) is 30.4. The van der Waals surface area contributed by atoms with E-state index in [-0.39, 0.29) is 17.7 Å². The average Bonchev–Trinajstić information content (AvgIpc) is 3.75.